The van der Waals surface area contributed by atoms with Crippen molar-refractivity contribution in [2.45, 2.75) is 20.8 Å². The highest BCUT2D eigenvalue weighted by molar-refractivity contribution is 7.66. The molecule has 0 saturated heterocycles. The minimum absolute atomic E-state index is 0.0925. The van der Waals surface area contributed by atoms with Gasteiger partial charge < -0.3 is 19.2 Å². The highest BCUT2D eigenvalue weighted by atomic mass is 31.3. The van der Waals surface area contributed by atoms with Gasteiger partial charge in [-0.15, -0.1) is 0 Å². The van der Waals surface area contributed by atoms with Crippen LogP contribution in [-0.4, -0.2) is 19.6 Å². The van der Waals surface area contributed by atoms with Crippen molar-refractivity contribution in [1.82, 2.24) is 0 Å². The lowest BCUT2D eigenvalue weighted by Crippen LogP contribution is -2.00. The minimum atomic E-state index is -5.51. The lowest BCUT2D eigenvalue weighted by Gasteiger charge is -2.18. The van der Waals surface area contributed by atoms with Crippen LogP contribution in [-0.2, 0) is 22.3 Å². The van der Waals surface area contributed by atoms with Gasteiger partial charge >= 0.3 is 23.5 Å². The van der Waals surface area contributed by atoms with Crippen LogP contribution in [0.2, 0.25) is 0 Å². The number of phosphoric ester groups is 1. The highest BCUT2D eigenvalue weighted by Gasteiger charge is 2.41. The van der Waals surface area contributed by atoms with Crippen molar-refractivity contribution < 1.29 is 46.4 Å². The molecule has 2 atom stereocenters. The molecule has 0 heterocycles. The van der Waals surface area contributed by atoms with Crippen LogP contribution in [0.3, 0.4) is 0 Å². The summed E-state index contributed by atoms with van der Waals surface area (Å²) in [5, 5.41) is 0. The average molecular weight is 376 g/mol. The Morgan fingerprint density at radius 1 is 0.818 bits per heavy atom. The molecule has 0 spiro atoms. The molecule has 0 aliphatic carbocycles. The number of hydrogen-bond acceptors (Lipinski definition) is 6. The normalized spacial score (nSPS) is 17.6. The van der Waals surface area contributed by atoms with Crippen molar-refractivity contribution in [1.29, 1.82) is 0 Å². The first-order valence-electron chi connectivity index (χ1n) is 5.63. The van der Waals surface area contributed by atoms with E-state index < -0.39 is 23.5 Å². The molecular formula is C9H15O10P3. The van der Waals surface area contributed by atoms with Gasteiger partial charge in [0, 0.05) is 0 Å². The Labute approximate surface area is 126 Å². The van der Waals surface area contributed by atoms with E-state index in [1.165, 1.54) is 6.07 Å². The number of benzene rings is 1. The summed E-state index contributed by atoms with van der Waals surface area (Å²) in [7, 11) is -16.1. The molecule has 0 saturated carbocycles. The van der Waals surface area contributed by atoms with Crippen LogP contribution in [0.25, 0.3) is 0 Å². The van der Waals surface area contributed by atoms with E-state index in [4.69, 9.17) is 14.7 Å². The molecule has 10 nitrogen and oxygen atoms in total. The Bertz CT molecular complexity index is 708. The van der Waals surface area contributed by atoms with E-state index in [2.05, 4.69) is 13.1 Å². The second kappa shape index (κ2) is 6.53. The molecule has 1 aromatic rings. The molecule has 1 aromatic carbocycles. The molecule has 22 heavy (non-hydrogen) atoms. The summed E-state index contributed by atoms with van der Waals surface area (Å²) in [6, 6.07) is 2.93. The molecule has 4 N–H and O–H groups in total. The van der Waals surface area contributed by atoms with E-state index in [0.717, 1.165) is 11.1 Å². The molecule has 1 rings (SSSR count). The molecule has 0 aliphatic heterocycles. The molecule has 0 bridgehead atoms. The van der Waals surface area contributed by atoms with Crippen molar-refractivity contribution in [3.05, 3.63) is 28.8 Å². The third kappa shape index (κ3) is 5.93. The zero-order valence-electron chi connectivity index (χ0n) is 11.7. The molecule has 0 radical (unpaired) electrons. The monoisotopic (exact) mass is 376 g/mol. The van der Waals surface area contributed by atoms with E-state index in [9.17, 15) is 18.6 Å². The second-order valence-electron chi connectivity index (χ2n) is 4.31. The fraction of sp³-hybridized carbons (Fsp3) is 0.333. The van der Waals surface area contributed by atoms with Crippen LogP contribution in [0.15, 0.2) is 12.1 Å². The fourth-order valence-electron chi connectivity index (χ4n) is 1.45. The van der Waals surface area contributed by atoms with Crippen LogP contribution in [0.4, 0.5) is 0 Å². The van der Waals surface area contributed by atoms with Gasteiger partial charge in [0.1, 0.15) is 5.75 Å². The lowest BCUT2D eigenvalue weighted by atomic mass is 10.0. The van der Waals surface area contributed by atoms with Crippen LogP contribution in [0, 0.1) is 20.8 Å². The largest absolute Gasteiger partial charge is 0.536 e. The maximum atomic E-state index is 11.7. The summed E-state index contributed by atoms with van der Waals surface area (Å²) < 4.78 is 45.3. The predicted molar refractivity (Wildman–Crippen MR) is 75.1 cm³/mol. The van der Waals surface area contributed by atoms with Crippen molar-refractivity contribution in [2.24, 2.45) is 0 Å². The maximum absolute atomic E-state index is 11.7. The van der Waals surface area contributed by atoms with Crippen molar-refractivity contribution in [3.8, 4) is 5.75 Å². The standard InChI is InChI=1S/C9H15O10P3/c1-6-4-5-9(8(3)7(6)2)17-21(13,14)19-22(15,16)18-20(10,11)12/h4-5H,1-3H3,(H,13,14)(H,15,16)(H2,10,11,12). The van der Waals surface area contributed by atoms with Gasteiger partial charge in [0.2, 0.25) is 0 Å². The molecule has 0 fully saturated rings. The number of rotatable bonds is 6. The van der Waals surface area contributed by atoms with Crippen LogP contribution in [0.5, 0.6) is 5.75 Å². The Balaban J connectivity index is 2.98. The van der Waals surface area contributed by atoms with Gasteiger partial charge in [-0.2, -0.15) is 8.62 Å². The summed E-state index contributed by atoms with van der Waals surface area (Å²) in [6.45, 7) is 5.12. The molecule has 0 amide bonds. The first kappa shape index (κ1) is 19.5. The zero-order chi connectivity index (χ0) is 17.3. The highest BCUT2D eigenvalue weighted by Crippen LogP contribution is 2.66. The summed E-state index contributed by atoms with van der Waals surface area (Å²) in [4.78, 5) is 35.3. The van der Waals surface area contributed by atoms with Crippen LogP contribution in [0.1, 0.15) is 16.7 Å². The maximum Gasteiger partial charge on any atom is 0.536 e. The van der Waals surface area contributed by atoms with E-state index in [-0.39, 0.29) is 5.75 Å². The minimum Gasteiger partial charge on any atom is -0.404 e. The number of hydrogen-bond donors (Lipinski definition) is 4. The van der Waals surface area contributed by atoms with Gasteiger partial charge in [0.05, 0.1) is 0 Å². The predicted octanol–water partition coefficient (Wildman–Crippen LogP) is 2.32. The Morgan fingerprint density at radius 2 is 1.36 bits per heavy atom. The summed E-state index contributed by atoms with van der Waals surface area (Å²) in [6.07, 6.45) is 0. The van der Waals surface area contributed by atoms with Gasteiger partial charge in [0.15, 0.2) is 0 Å². The quantitative estimate of drug-likeness (QED) is 0.542. The van der Waals surface area contributed by atoms with Crippen LogP contribution >= 0.6 is 23.5 Å². The molecule has 13 heteroatoms. The van der Waals surface area contributed by atoms with Crippen molar-refractivity contribution >= 4 is 23.5 Å². The number of aryl methyl sites for hydroxylation is 1. The van der Waals surface area contributed by atoms with Gasteiger partial charge in [-0.1, -0.05) is 6.07 Å². The van der Waals surface area contributed by atoms with E-state index in [1.54, 1.807) is 26.8 Å². The van der Waals surface area contributed by atoms with Crippen molar-refractivity contribution in [3.63, 3.8) is 0 Å². The summed E-state index contributed by atoms with van der Waals surface area (Å²) in [5.74, 6) is -0.0925. The van der Waals surface area contributed by atoms with E-state index in [1.807, 2.05) is 0 Å². The lowest BCUT2D eigenvalue weighted by molar-refractivity contribution is 0.206. The number of phosphoric acid groups is 3. The Kier molecular flexibility index (Phi) is 5.79. The van der Waals surface area contributed by atoms with Gasteiger partial charge in [0.25, 0.3) is 0 Å². The van der Waals surface area contributed by atoms with Gasteiger partial charge in [-0.25, -0.2) is 13.7 Å². The topological polar surface area (TPSA) is 160 Å². The third-order valence-corrected chi connectivity index (χ3v) is 6.39. The molecular weight excluding hydrogens is 361 g/mol. The SMILES string of the molecule is Cc1ccc(OP(=O)(O)OP(=O)(O)OP(=O)(O)O)c(C)c1C. The average Bonchev–Trinajstić information content (AvgIpc) is 2.25. The molecule has 2 unspecified atom stereocenters. The summed E-state index contributed by atoms with van der Waals surface area (Å²) >= 11 is 0. The first-order valence-corrected chi connectivity index (χ1v) is 10.1. The second-order valence-corrected chi connectivity index (χ2v) is 8.66. The molecule has 0 aromatic heterocycles. The first-order chi connectivity index (χ1) is 9.72. The van der Waals surface area contributed by atoms with Gasteiger partial charge in [-0.3, -0.25) is 4.89 Å². The van der Waals surface area contributed by atoms with E-state index >= 15 is 0 Å². The molecule has 126 valence electrons. The Morgan fingerprint density at radius 3 is 1.86 bits per heavy atom. The smallest absolute Gasteiger partial charge is 0.404 e. The zero-order valence-corrected chi connectivity index (χ0v) is 14.4. The van der Waals surface area contributed by atoms with Gasteiger partial charge in [-0.05, 0) is 43.5 Å². The van der Waals surface area contributed by atoms with Crippen molar-refractivity contribution in [2.75, 3.05) is 0 Å². The van der Waals surface area contributed by atoms with Crippen LogP contribution < -0.4 is 4.52 Å². The van der Waals surface area contributed by atoms with E-state index in [0.29, 0.717) is 5.56 Å². The Hall–Kier alpha value is -0.530. The fourth-order valence-corrected chi connectivity index (χ4v) is 4.54. The molecule has 0 aliphatic rings. The third-order valence-electron chi connectivity index (χ3n) is 2.64. The summed E-state index contributed by atoms with van der Waals surface area (Å²) in [5.41, 5.74) is 2.13.